The smallest absolute Gasteiger partial charge is 0.370 e. The molecule has 1 aliphatic rings. The van der Waals surface area contributed by atoms with Crippen LogP contribution in [-0.2, 0) is 10.9 Å². The maximum Gasteiger partial charge on any atom is 0.416 e. The molecule has 0 spiro atoms. The number of benzene rings is 2. The largest absolute Gasteiger partial charge is 0.416 e. The van der Waals surface area contributed by atoms with E-state index in [-0.39, 0.29) is 12.5 Å². The average Bonchev–Trinajstić information content (AvgIpc) is 2.60. The summed E-state index contributed by atoms with van der Waals surface area (Å²) in [5.41, 5.74) is 0.371. The Balaban J connectivity index is 1.74. The Bertz CT molecular complexity index is 762. The summed E-state index contributed by atoms with van der Waals surface area (Å²) in [4.78, 5) is 14.2. The van der Waals surface area contributed by atoms with Gasteiger partial charge in [0.2, 0.25) is 0 Å². The first-order valence-electron chi connectivity index (χ1n) is 7.68. The third-order valence-corrected chi connectivity index (χ3v) is 4.27. The molecule has 0 aliphatic carbocycles. The number of hydrogen-bond acceptors (Lipinski definition) is 2. The number of hydrogen-bond donors (Lipinski definition) is 0. The molecule has 3 nitrogen and oxygen atoms in total. The minimum Gasteiger partial charge on any atom is -0.370 e. The Morgan fingerprint density at radius 3 is 2.52 bits per heavy atom. The summed E-state index contributed by atoms with van der Waals surface area (Å²) < 4.78 is 43.6. The van der Waals surface area contributed by atoms with Gasteiger partial charge in [0.05, 0.1) is 18.7 Å². The fraction of sp³-hybridized carbons (Fsp3) is 0.278. The predicted molar refractivity (Wildman–Crippen MR) is 87.5 cm³/mol. The summed E-state index contributed by atoms with van der Waals surface area (Å²) >= 11 is 5.92. The Hall–Kier alpha value is -2.05. The van der Waals surface area contributed by atoms with Crippen LogP contribution in [0.2, 0.25) is 5.02 Å². The highest BCUT2D eigenvalue weighted by molar-refractivity contribution is 6.30. The first kappa shape index (κ1) is 17.8. The fourth-order valence-electron chi connectivity index (χ4n) is 2.73. The van der Waals surface area contributed by atoms with Crippen molar-refractivity contribution in [2.45, 2.75) is 12.3 Å². The number of morpholine rings is 1. The van der Waals surface area contributed by atoms with E-state index < -0.39 is 17.8 Å². The van der Waals surface area contributed by atoms with Crippen LogP contribution in [0.1, 0.15) is 27.6 Å². The van der Waals surface area contributed by atoms with Crippen molar-refractivity contribution in [3.05, 3.63) is 70.2 Å². The Morgan fingerprint density at radius 1 is 1.16 bits per heavy atom. The molecule has 2 aromatic rings. The molecule has 0 N–H and O–H groups in total. The lowest BCUT2D eigenvalue weighted by molar-refractivity contribution is -0.137. The Morgan fingerprint density at radius 2 is 1.88 bits per heavy atom. The zero-order valence-corrected chi connectivity index (χ0v) is 13.8. The number of amides is 1. The molecule has 1 fully saturated rings. The minimum atomic E-state index is -4.37. The fourth-order valence-corrected chi connectivity index (χ4v) is 2.92. The van der Waals surface area contributed by atoms with E-state index in [2.05, 4.69) is 0 Å². The van der Waals surface area contributed by atoms with E-state index >= 15 is 0 Å². The number of ether oxygens (including phenoxy) is 1. The van der Waals surface area contributed by atoms with Crippen molar-refractivity contribution in [3.8, 4) is 0 Å². The van der Waals surface area contributed by atoms with Crippen molar-refractivity contribution >= 4 is 17.5 Å². The summed E-state index contributed by atoms with van der Waals surface area (Å²) in [6.07, 6.45) is -4.83. The van der Waals surface area contributed by atoms with Crippen LogP contribution in [0.3, 0.4) is 0 Å². The van der Waals surface area contributed by atoms with E-state index in [1.54, 1.807) is 29.2 Å². The summed E-state index contributed by atoms with van der Waals surface area (Å²) in [7, 11) is 0. The molecular formula is C18H15ClF3NO2. The SMILES string of the molecule is O=C(c1cccc(Cl)c1)N1CCO[C@H](c2ccc(C(F)(F)F)cc2)C1. The lowest BCUT2D eigenvalue weighted by atomic mass is 10.0. The summed E-state index contributed by atoms with van der Waals surface area (Å²) in [6.45, 7) is 1.01. The zero-order valence-electron chi connectivity index (χ0n) is 13.1. The van der Waals surface area contributed by atoms with Gasteiger partial charge in [0.1, 0.15) is 6.10 Å². The van der Waals surface area contributed by atoms with Gasteiger partial charge in [-0.1, -0.05) is 29.8 Å². The second-order valence-corrected chi connectivity index (χ2v) is 6.18. The van der Waals surface area contributed by atoms with Crippen LogP contribution in [0.5, 0.6) is 0 Å². The van der Waals surface area contributed by atoms with Crippen LogP contribution >= 0.6 is 11.6 Å². The highest BCUT2D eigenvalue weighted by atomic mass is 35.5. The summed E-state index contributed by atoms with van der Waals surface area (Å²) in [5, 5.41) is 0.471. The van der Waals surface area contributed by atoms with E-state index in [0.29, 0.717) is 29.3 Å². The molecule has 0 radical (unpaired) electrons. The third-order valence-electron chi connectivity index (χ3n) is 4.04. The number of rotatable bonds is 2. The monoisotopic (exact) mass is 369 g/mol. The first-order chi connectivity index (χ1) is 11.8. The van der Waals surface area contributed by atoms with Crippen LogP contribution in [0.4, 0.5) is 13.2 Å². The third kappa shape index (κ3) is 4.14. The molecule has 1 heterocycles. The van der Waals surface area contributed by atoms with E-state index in [0.717, 1.165) is 12.1 Å². The van der Waals surface area contributed by atoms with Gasteiger partial charge in [-0.05, 0) is 35.9 Å². The lowest BCUT2D eigenvalue weighted by Crippen LogP contribution is -2.42. The normalized spacial score (nSPS) is 18.2. The van der Waals surface area contributed by atoms with Crippen molar-refractivity contribution in [2.75, 3.05) is 19.7 Å². The number of carbonyl (C=O) groups is 1. The quantitative estimate of drug-likeness (QED) is 0.776. The molecule has 7 heteroatoms. The maximum absolute atomic E-state index is 12.7. The van der Waals surface area contributed by atoms with E-state index in [4.69, 9.17) is 16.3 Å². The first-order valence-corrected chi connectivity index (χ1v) is 8.06. The van der Waals surface area contributed by atoms with Crippen LogP contribution in [-0.4, -0.2) is 30.5 Å². The zero-order chi connectivity index (χ0) is 18.0. The Kier molecular flexibility index (Phi) is 5.01. The molecule has 0 unspecified atom stereocenters. The van der Waals surface area contributed by atoms with Gasteiger partial charge in [0, 0.05) is 17.1 Å². The van der Waals surface area contributed by atoms with E-state index in [1.165, 1.54) is 12.1 Å². The van der Waals surface area contributed by atoms with Crippen LogP contribution < -0.4 is 0 Å². The van der Waals surface area contributed by atoms with Gasteiger partial charge in [0.15, 0.2) is 0 Å². The lowest BCUT2D eigenvalue weighted by Gasteiger charge is -2.33. The molecule has 1 amide bonds. The van der Waals surface area contributed by atoms with Gasteiger partial charge >= 0.3 is 6.18 Å². The topological polar surface area (TPSA) is 29.5 Å². The summed E-state index contributed by atoms with van der Waals surface area (Å²) in [5.74, 6) is -0.178. The molecule has 2 aromatic carbocycles. The molecule has 1 aliphatic heterocycles. The molecule has 0 saturated carbocycles. The molecule has 25 heavy (non-hydrogen) atoms. The summed E-state index contributed by atoms with van der Waals surface area (Å²) in [6, 6.07) is 11.5. The molecule has 0 bridgehead atoms. The number of nitrogens with zero attached hydrogens (tertiary/aromatic N) is 1. The maximum atomic E-state index is 12.7. The number of carbonyl (C=O) groups excluding carboxylic acids is 1. The van der Waals surface area contributed by atoms with Crippen LogP contribution in [0, 0.1) is 0 Å². The van der Waals surface area contributed by atoms with Crippen LogP contribution in [0.25, 0.3) is 0 Å². The second-order valence-electron chi connectivity index (χ2n) is 5.74. The number of alkyl halides is 3. The van der Waals surface area contributed by atoms with Crippen molar-refractivity contribution < 1.29 is 22.7 Å². The highest BCUT2D eigenvalue weighted by Gasteiger charge is 2.31. The van der Waals surface area contributed by atoms with Gasteiger partial charge in [-0.15, -0.1) is 0 Å². The van der Waals surface area contributed by atoms with Gasteiger partial charge in [-0.25, -0.2) is 0 Å². The van der Waals surface area contributed by atoms with Gasteiger partial charge in [-0.2, -0.15) is 13.2 Å². The minimum absolute atomic E-state index is 0.178. The highest BCUT2D eigenvalue weighted by Crippen LogP contribution is 2.31. The molecule has 3 rings (SSSR count). The van der Waals surface area contributed by atoms with Crippen LogP contribution in [0.15, 0.2) is 48.5 Å². The van der Waals surface area contributed by atoms with Crippen molar-refractivity contribution in [1.29, 1.82) is 0 Å². The molecule has 132 valence electrons. The van der Waals surface area contributed by atoms with Crippen molar-refractivity contribution in [2.24, 2.45) is 0 Å². The standard InChI is InChI=1S/C18H15ClF3NO2/c19-15-3-1-2-13(10-15)17(24)23-8-9-25-16(11-23)12-4-6-14(7-5-12)18(20,21)22/h1-7,10,16H,8-9,11H2/t16-/m0/s1. The number of halogens is 4. The molecule has 1 atom stereocenters. The van der Waals surface area contributed by atoms with Gasteiger partial charge in [0.25, 0.3) is 5.91 Å². The van der Waals surface area contributed by atoms with E-state index in [1.807, 2.05) is 0 Å². The molecule has 1 saturated heterocycles. The van der Waals surface area contributed by atoms with Crippen molar-refractivity contribution in [1.82, 2.24) is 4.90 Å². The van der Waals surface area contributed by atoms with Crippen molar-refractivity contribution in [3.63, 3.8) is 0 Å². The molecule has 0 aromatic heterocycles. The van der Waals surface area contributed by atoms with Gasteiger partial charge < -0.3 is 9.64 Å². The molecular weight excluding hydrogens is 355 g/mol. The second kappa shape index (κ2) is 7.06. The average molecular weight is 370 g/mol. The Labute approximate surface area is 148 Å². The van der Waals surface area contributed by atoms with Gasteiger partial charge in [-0.3, -0.25) is 4.79 Å². The van der Waals surface area contributed by atoms with E-state index in [9.17, 15) is 18.0 Å². The predicted octanol–water partition coefficient (Wildman–Crippen LogP) is 4.57.